The molecule has 2 rings (SSSR count). The quantitative estimate of drug-likeness (QED) is 0.853. The third-order valence-corrected chi connectivity index (χ3v) is 3.99. The van der Waals surface area contributed by atoms with Crippen LogP contribution in [0.25, 0.3) is 0 Å². The van der Waals surface area contributed by atoms with Crippen LogP contribution in [0.5, 0.6) is 0 Å². The van der Waals surface area contributed by atoms with E-state index in [9.17, 15) is 0 Å². The van der Waals surface area contributed by atoms with E-state index in [1.54, 1.807) is 0 Å². The van der Waals surface area contributed by atoms with E-state index in [1.165, 1.54) is 24.8 Å². The molecule has 1 fully saturated rings. The number of nitriles is 1. The average molecular weight is 228 g/mol. The largest absolute Gasteiger partial charge is 0.388 e. The molecule has 1 aromatic rings. The molecular formula is C15H20N2. The van der Waals surface area contributed by atoms with Crippen molar-refractivity contribution in [3.05, 3.63) is 29.8 Å². The summed E-state index contributed by atoms with van der Waals surface area (Å²) in [6, 6.07) is 11.0. The summed E-state index contributed by atoms with van der Waals surface area (Å²) in [5, 5.41) is 12.3. The first-order valence-corrected chi connectivity index (χ1v) is 6.46. The summed E-state index contributed by atoms with van der Waals surface area (Å²) in [7, 11) is 1.94. The second-order valence-electron chi connectivity index (χ2n) is 5.01. The number of anilines is 1. The zero-order valence-electron chi connectivity index (χ0n) is 10.5. The molecule has 0 radical (unpaired) electrons. The lowest BCUT2D eigenvalue weighted by molar-refractivity contribution is 0.298. The normalized spacial score (nSPS) is 18.4. The van der Waals surface area contributed by atoms with Gasteiger partial charge in [-0.1, -0.05) is 31.4 Å². The van der Waals surface area contributed by atoms with Crippen LogP contribution in [0.1, 0.15) is 44.1 Å². The topological polar surface area (TPSA) is 35.8 Å². The fourth-order valence-corrected chi connectivity index (χ4v) is 2.95. The van der Waals surface area contributed by atoms with Crippen molar-refractivity contribution in [1.82, 2.24) is 0 Å². The van der Waals surface area contributed by atoms with Gasteiger partial charge in [0.1, 0.15) is 0 Å². The van der Waals surface area contributed by atoms with Gasteiger partial charge in [-0.15, -0.1) is 0 Å². The van der Waals surface area contributed by atoms with Gasteiger partial charge in [-0.2, -0.15) is 5.26 Å². The molecule has 90 valence electrons. The summed E-state index contributed by atoms with van der Waals surface area (Å²) in [5.74, 6) is 0. The molecule has 2 heteroatoms. The van der Waals surface area contributed by atoms with Crippen molar-refractivity contribution in [1.29, 1.82) is 5.26 Å². The summed E-state index contributed by atoms with van der Waals surface area (Å²) in [4.78, 5) is 0. The third-order valence-electron chi connectivity index (χ3n) is 3.99. The first-order chi connectivity index (χ1) is 8.30. The minimum absolute atomic E-state index is 0.111. The molecule has 0 spiro atoms. The van der Waals surface area contributed by atoms with Crippen LogP contribution in [0.3, 0.4) is 0 Å². The molecule has 1 aromatic carbocycles. The molecule has 2 nitrogen and oxygen atoms in total. The molecule has 0 saturated heterocycles. The lowest BCUT2D eigenvalue weighted by Crippen LogP contribution is -2.28. The highest BCUT2D eigenvalue weighted by Gasteiger charge is 2.33. The number of benzene rings is 1. The molecule has 0 amide bonds. The summed E-state index contributed by atoms with van der Waals surface area (Å²) < 4.78 is 0. The van der Waals surface area contributed by atoms with Gasteiger partial charge in [-0.3, -0.25) is 0 Å². The molecule has 0 heterocycles. The molecule has 0 unspecified atom stereocenters. The SMILES string of the molecule is CNc1cccc(C2(CC#N)CCCCC2)c1. The number of hydrogen-bond donors (Lipinski definition) is 1. The fraction of sp³-hybridized carbons (Fsp3) is 0.533. The van der Waals surface area contributed by atoms with E-state index in [4.69, 9.17) is 5.26 Å². The summed E-state index contributed by atoms with van der Waals surface area (Å²) in [5.41, 5.74) is 2.59. The average Bonchev–Trinajstić information content (AvgIpc) is 2.40. The van der Waals surface area contributed by atoms with Crippen LogP contribution in [-0.4, -0.2) is 7.05 Å². The van der Waals surface area contributed by atoms with Gasteiger partial charge >= 0.3 is 0 Å². The van der Waals surface area contributed by atoms with Gasteiger partial charge in [-0.05, 0) is 30.5 Å². The van der Waals surface area contributed by atoms with Crippen molar-refractivity contribution in [3.8, 4) is 6.07 Å². The van der Waals surface area contributed by atoms with Crippen molar-refractivity contribution >= 4 is 5.69 Å². The third kappa shape index (κ3) is 2.44. The van der Waals surface area contributed by atoms with Crippen LogP contribution in [0.2, 0.25) is 0 Å². The van der Waals surface area contributed by atoms with Crippen molar-refractivity contribution in [2.45, 2.75) is 43.9 Å². The van der Waals surface area contributed by atoms with Gasteiger partial charge in [0, 0.05) is 24.6 Å². The van der Waals surface area contributed by atoms with Crippen molar-refractivity contribution < 1.29 is 0 Å². The maximum Gasteiger partial charge on any atom is 0.0631 e. The summed E-state index contributed by atoms with van der Waals surface area (Å²) in [6.07, 6.45) is 6.80. The molecule has 0 atom stereocenters. The van der Waals surface area contributed by atoms with Crippen LogP contribution >= 0.6 is 0 Å². The zero-order chi connectivity index (χ0) is 12.1. The fourth-order valence-electron chi connectivity index (χ4n) is 2.95. The van der Waals surface area contributed by atoms with E-state index >= 15 is 0 Å². The van der Waals surface area contributed by atoms with Crippen LogP contribution in [-0.2, 0) is 5.41 Å². The van der Waals surface area contributed by atoms with Gasteiger partial charge in [0.15, 0.2) is 0 Å². The molecule has 1 N–H and O–H groups in total. The number of rotatable bonds is 3. The predicted molar refractivity (Wildman–Crippen MR) is 71.0 cm³/mol. The van der Waals surface area contributed by atoms with Crippen LogP contribution < -0.4 is 5.32 Å². The molecule has 1 saturated carbocycles. The zero-order valence-corrected chi connectivity index (χ0v) is 10.5. The molecule has 1 aliphatic carbocycles. The minimum Gasteiger partial charge on any atom is -0.388 e. The molecule has 0 aliphatic heterocycles. The lowest BCUT2D eigenvalue weighted by Gasteiger charge is -2.36. The monoisotopic (exact) mass is 228 g/mol. The Morgan fingerprint density at radius 1 is 1.29 bits per heavy atom. The number of hydrogen-bond acceptors (Lipinski definition) is 2. The second kappa shape index (κ2) is 5.23. The maximum atomic E-state index is 9.11. The van der Waals surface area contributed by atoms with E-state index in [0.29, 0.717) is 6.42 Å². The van der Waals surface area contributed by atoms with Gasteiger partial charge in [-0.25, -0.2) is 0 Å². The van der Waals surface area contributed by atoms with Gasteiger partial charge < -0.3 is 5.32 Å². The first-order valence-electron chi connectivity index (χ1n) is 6.46. The minimum atomic E-state index is 0.111. The smallest absolute Gasteiger partial charge is 0.0631 e. The highest BCUT2D eigenvalue weighted by atomic mass is 14.8. The van der Waals surface area contributed by atoms with E-state index in [2.05, 4.69) is 35.7 Å². The van der Waals surface area contributed by atoms with Crippen molar-refractivity contribution in [2.24, 2.45) is 0 Å². The highest BCUT2D eigenvalue weighted by Crippen LogP contribution is 2.42. The van der Waals surface area contributed by atoms with Gasteiger partial charge in [0.05, 0.1) is 6.07 Å². The van der Waals surface area contributed by atoms with Gasteiger partial charge in [0.25, 0.3) is 0 Å². The van der Waals surface area contributed by atoms with Crippen LogP contribution in [0.4, 0.5) is 5.69 Å². The van der Waals surface area contributed by atoms with E-state index in [1.807, 2.05) is 7.05 Å². The predicted octanol–water partition coefficient (Wildman–Crippen LogP) is 3.84. The van der Waals surface area contributed by atoms with E-state index in [0.717, 1.165) is 18.5 Å². The Labute approximate surface area is 104 Å². The van der Waals surface area contributed by atoms with Gasteiger partial charge in [0.2, 0.25) is 0 Å². The summed E-state index contributed by atoms with van der Waals surface area (Å²) in [6.45, 7) is 0. The lowest BCUT2D eigenvalue weighted by atomic mass is 9.67. The Balaban J connectivity index is 2.34. The first kappa shape index (κ1) is 12.0. The van der Waals surface area contributed by atoms with E-state index in [-0.39, 0.29) is 5.41 Å². The van der Waals surface area contributed by atoms with Crippen LogP contribution in [0, 0.1) is 11.3 Å². The Bertz CT molecular complexity index is 411. The van der Waals surface area contributed by atoms with Crippen molar-refractivity contribution in [3.63, 3.8) is 0 Å². The molecular weight excluding hydrogens is 208 g/mol. The number of nitrogens with one attached hydrogen (secondary N) is 1. The highest BCUT2D eigenvalue weighted by molar-refractivity contribution is 5.47. The molecule has 1 aliphatic rings. The Morgan fingerprint density at radius 3 is 2.71 bits per heavy atom. The van der Waals surface area contributed by atoms with Crippen LogP contribution in [0.15, 0.2) is 24.3 Å². The molecule has 0 bridgehead atoms. The standard InChI is InChI=1S/C15H20N2/c1-17-14-7-5-6-13(12-14)15(10-11-16)8-3-2-4-9-15/h5-7,12,17H,2-4,8-10H2,1H3. The molecule has 0 aromatic heterocycles. The van der Waals surface area contributed by atoms with Crippen molar-refractivity contribution in [2.75, 3.05) is 12.4 Å². The summed E-state index contributed by atoms with van der Waals surface area (Å²) >= 11 is 0. The Kier molecular flexibility index (Phi) is 3.68. The second-order valence-corrected chi connectivity index (χ2v) is 5.01. The maximum absolute atomic E-state index is 9.11. The Hall–Kier alpha value is -1.49. The van der Waals surface area contributed by atoms with E-state index < -0.39 is 0 Å². The Morgan fingerprint density at radius 2 is 2.06 bits per heavy atom. The number of nitrogens with zero attached hydrogens (tertiary/aromatic N) is 1. The molecule has 17 heavy (non-hydrogen) atoms.